The van der Waals surface area contributed by atoms with Crippen molar-refractivity contribution in [3.8, 4) is 0 Å². The standard InChI is InChI=1S/C14H23NO2/c1-11-5-6-12(2)13(7-11)8-15-9-14(17-4)10-16-3/h5-7,14-15H,8-10H2,1-4H3. The van der Waals surface area contributed by atoms with Gasteiger partial charge in [-0.1, -0.05) is 23.8 Å². The maximum atomic E-state index is 5.30. The molecular weight excluding hydrogens is 214 g/mol. The molecule has 0 aliphatic carbocycles. The summed E-state index contributed by atoms with van der Waals surface area (Å²) in [5.74, 6) is 0. The minimum Gasteiger partial charge on any atom is -0.382 e. The van der Waals surface area contributed by atoms with Crippen LogP contribution in [0, 0.1) is 13.8 Å². The number of nitrogens with one attached hydrogen (secondary N) is 1. The summed E-state index contributed by atoms with van der Waals surface area (Å²) >= 11 is 0. The van der Waals surface area contributed by atoms with E-state index in [1.165, 1.54) is 16.7 Å². The van der Waals surface area contributed by atoms with Crippen LogP contribution in [0.5, 0.6) is 0 Å². The summed E-state index contributed by atoms with van der Waals surface area (Å²) in [5.41, 5.74) is 3.97. The van der Waals surface area contributed by atoms with E-state index in [4.69, 9.17) is 9.47 Å². The summed E-state index contributed by atoms with van der Waals surface area (Å²) in [7, 11) is 3.40. The highest BCUT2D eigenvalue weighted by Crippen LogP contribution is 2.10. The fraction of sp³-hybridized carbons (Fsp3) is 0.571. The van der Waals surface area contributed by atoms with Crippen LogP contribution in [0.4, 0.5) is 0 Å². The molecule has 0 aromatic heterocycles. The first-order valence-corrected chi connectivity index (χ1v) is 5.96. The molecule has 0 aliphatic rings. The smallest absolute Gasteiger partial charge is 0.0928 e. The highest BCUT2D eigenvalue weighted by Gasteiger charge is 2.06. The molecule has 0 bridgehead atoms. The third kappa shape index (κ3) is 4.86. The lowest BCUT2D eigenvalue weighted by molar-refractivity contribution is 0.0288. The van der Waals surface area contributed by atoms with Crippen molar-refractivity contribution in [2.45, 2.75) is 26.5 Å². The van der Waals surface area contributed by atoms with Gasteiger partial charge < -0.3 is 14.8 Å². The van der Waals surface area contributed by atoms with Crippen LogP contribution in [0.1, 0.15) is 16.7 Å². The predicted molar refractivity (Wildman–Crippen MR) is 70.3 cm³/mol. The molecule has 0 aliphatic heterocycles. The highest BCUT2D eigenvalue weighted by atomic mass is 16.5. The molecule has 0 amide bonds. The lowest BCUT2D eigenvalue weighted by Gasteiger charge is -2.15. The van der Waals surface area contributed by atoms with Gasteiger partial charge in [-0.3, -0.25) is 0 Å². The van der Waals surface area contributed by atoms with E-state index in [9.17, 15) is 0 Å². The molecule has 0 heterocycles. The monoisotopic (exact) mass is 237 g/mol. The van der Waals surface area contributed by atoms with Crippen molar-refractivity contribution in [3.05, 3.63) is 34.9 Å². The van der Waals surface area contributed by atoms with E-state index in [0.29, 0.717) is 6.61 Å². The first-order valence-electron chi connectivity index (χ1n) is 5.96. The zero-order valence-electron chi connectivity index (χ0n) is 11.2. The Bertz CT molecular complexity index is 339. The first-order chi connectivity index (χ1) is 8.17. The molecule has 17 heavy (non-hydrogen) atoms. The normalized spacial score (nSPS) is 12.7. The van der Waals surface area contributed by atoms with Crippen molar-refractivity contribution in [3.63, 3.8) is 0 Å². The maximum absolute atomic E-state index is 5.30. The van der Waals surface area contributed by atoms with Gasteiger partial charge >= 0.3 is 0 Å². The molecular formula is C14H23NO2. The van der Waals surface area contributed by atoms with E-state index < -0.39 is 0 Å². The molecule has 0 fully saturated rings. The van der Waals surface area contributed by atoms with Crippen LogP contribution in [0.25, 0.3) is 0 Å². The van der Waals surface area contributed by atoms with Crippen LogP contribution in [0.15, 0.2) is 18.2 Å². The Morgan fingerprint density at radius 2 is 2.00 bits per heavy atom. The molecule has 1 N–H and O–H groups in total. The number of ether oxygens (including phenoxy) is 2. The van der Waals surface area contributed by atoms with Gasteiger partial charge in [-0.25, -0.2) is 0 Å². The summed E-state index contributed by atoms with van der Waals surface area (Å²) in [5, 5.41) is 3.40. The molecule has 3 nitrogen and oxygen atoms in total. The first kappa shape index (κ1) is 14.2. The van der Waals surface area contributed by atoms with Crippen LogP contribution < -0.4 is 5.32 Å². The molecule has 96 valence electrons. The third-order valence-electron chi connectivity index (χ3n) is 2.88. The molecule has 0 spiro atoms. The van der Waals surface area contributed by atoms with Crippen LogP contribution in [-0.4, -0.2) is 33.5 Å². The third-order valence-corrected chi connectivity index (χ3v) is 2.88. The Morgan fingerprint density at radius 3 is 2.65 bits per heavy atom. The SMILES string of the molecule is COCC(CNCc1cc(C)ccc1C)OC. The second-order valence-corrected chi connectivity index (χ2v) is 4.37. The van der Waals surface area contributed by atoms with Gasteiger partial charge in [-0.2, -0.15) is 0 Å². The molecule has 1 atom stereocenters. The Labute approximate surface area is 104 Å². The van der Waals surface area contributed by atoms with Crippen LogP contribution >= 0.6 is 0 Å². The van der Waals surface area contributed by atoms with Crippen molar-refractivity contribution in [1.29, 1.82) is 0 Å². The van der Waals surface area contributed by atoms with E-state index in [0.717, 1.165) is 13.1 Å². The van der Waals surface area contributed by atoms with E-state index >= 15 is 0 Å². The van der Waals surface area contributed by atoms with Crippen molar-refractivity contribution in [2.75, 3.05) is 27.4 Å². The zero-order chi connectivity index (χ0) is 12.7. The van der Waals surface area contributed by atoms with Gasteiger partial charge in [-0.15, -0.1) is 0 Å². The second-order valence-electron chi connectivity index (χ2n) is 4.37. The Morgan fingerprint density at radius 1 is 1.24 bits per heavy atom. The number of benzene rings is 1. The summed E-state index contributed by atoms with van der Waals surface area (Å²) in [6, 6.07) is 6.53. The van der Waals surface area contributed by atoms with Gasteiger partial charge in [-0.05, 0) is 25.0 Å². The van der Waals surface area contributed by atoms with E-state index in [1.54, 1.807) is 14.2 Å². The molecule has 0 saturated heterocycles. The fourth-order valence-electron chi connectivity index (χ4n) is 1.75. The average molecular weight is 237 g/mol. The van der Waals surface area contributed by atoms with Crippen molar-refractivity contribution in [1.82, 2.24) is 5.32 Å². The molecule has 1 aromatic carbocycles. The second kappa shape index (κ2) is 7.43. The van der Waals surface area contributed by atoms with Crippen LogP contribution in [0.3, 0.4) is 0 Å². The molecule has 0 saturated carbocycles. The predicted octanol–water partition coefficient (Wildman–Crippen LogP) is 2.05. The minimum absolute atomic E-state index is 0.116. The van der Waals surface area contributed by atoms with E-state index in [2.05, 4.69) is 37.4 Å². The van der Waals surface area contributed by atoms with Gasteiger partial charge in [0.15, 0.2) is 0 Å². The number of hydrogen-bond acceptors (Lipinski definition) is 3. The maximum Gasteiger partial charge on any atom is 0.0928 e. The Hall–Kier alpha value is -0.900. The Balaban J connectivity index is 2.42. The molecule has 0 radical (unpaired) electrons. The van der Waals surface area contributed by atoms with Crippen LogP contribution in [0.2, 0.25) is 0 Å². The summed E-state index contributed by atoms with van der Waals surface area (Å²) in [4.78, 5) is 0. The van der Waals surface area contributed by atoms with Crippen molar-refractivity contribution >= 4 is 0 Å². The number of hydrogen-bond donors (Lipinski definition) is 1. The van der Waals surface area contributed by atoms with Gasteiger partial charge in [0.1, 0.15) is 0 Å². The van der Waals surface area contributed by atoms with E-state index in [-0.39, 0.29) is 6.10 Å². The average Bonchev–Trinajstić information content (AvgIpc) is 2.32. The molecule has 3 heteroatoms. The van der Waals surface area contributed by atoms with Crippen molar-refractivity contribution in [2.24, 2.45) is 0 Å². The molecule has 1 aromatic rings. The number of methoxy groups -OCH3 is 2. The van der Waals surface area contributed by atoms with Gasteiger partial charge in [0.25, 0.3) is 0 Å². The van der Waals surface area contributed by atoms with Gasteiger partial charge in [0.2, 0.25) is 0 Å². The topological polar surface area (TPSA) is 30.5 Å². The summed E-state index contributed by atoms with van der Waals surface area (Å²) in [6.07, 6.45) is 0.116. The summed E-state index contributed by atoms with van der Waals surface area (Å²) < 4.78 is 10.4. The Kier molecular flexibility index (Phi) is 6.19. The highest BCUT2D eigenvalue weighted by molar-refractivity contribution is 5.30. The minimum atomic E-state index is 0.116. The summed E-state index contributed by atoms with van der Waals surface area (Å²) in [6.45, 7) is 6.55. The zero-order valence-corrected chi connectivity index (χ0v) is 11.2. The quantitative estimate of drug-likeness (QED) is 0.787. The lowest BCUT2D eigenvalue weighted by Crippen LogP contribution is -2.31. The van der Waals surface area contributed by atoms with Crippen LogP contribution in [-0.2, 0) is 16.0 Å². The molecule has 1 unspecified atom stereocenters. The van der Waals surface area contributed by atoms with Gasteiger partial charge in [0, 0.05) is 27.3 Å². The van der Waals surface area contributed by atoms with Crippen molar-refractivity contribution < 1.29 is 9.47 Å². The largest absolute Gasteiger partial charge is 0.382 e. The molecule has 1 rings (SSSR count). The van der Waals surface area contributed by atoms with Gasteiger partial charge in [0.05, 0.1) is 12.7 Å². The lowest BCUT2D eigenvalue weighted by atomic mass is 10.1. The number of rotatable bonds is 7. The fourth-order valence-corrected chi connectivity index (χ4v) is 1.75. The van der Waals surface area contributed by atoms with E-state index in [1.807, 2.05) is 0 Å². The number of aryl methyl sites for hydroxylation is 2.